The van der Waals surface area contributed by atoms with E-state index in [0.29, 0.717) is 22.2 Å². The molecule has 0 amide bonds. The molecule has 2 heterocycles. The summed E-state index contributed by atoms with van der Waals surface area (Å²) in [6.07, 6.45) is 1.41. The van der Waals surface area contributed by atoms with Crippen LogP contribution >= 0.6 is 11.8 Å². The molecular formula is C16H16N4O3S. The lowest BCUT2D eigenvalue weighted by molar-refractivity contribution is 0.0528. The first kappa shape index (κ1) is 16.3. The van der Waals surface area contributed by atoms with Gasteiger partial charge in [-0.3, -0.25) is 0 Å². The highest BCUT2D eigenvalue weighted by Gasteiger charge is 2.20. The van der Waals surface area contributed by atoms with Crippen molar-refractivity contribution in [2.24, 2.45) is 0 Å². The average molecular weight is 344 g/mol. The average Bonchev–Trinajstić information content (AvgIpc) is 2.99. The van der Waals surface area contributed by atoms with Crippen LogP contribution in [0.1, 0.15) is 24.2 Å². The van der Waals surface area contributed by atoms with E-state index in [4.69, 9.17) is 4.74 Å². The van der Waals surface area contributed by atoms with Gasteiger partial charge in [0.15, 0.2) is 16.6 Å². The van der Waals surface area contributed by atoms with Crippen molar-refractivity contribution < 1.29 is 14.6 Å². The first-order valence-electron chi connectivity index (χ1n) is 7.49. The van der Waals surface area contributed by atoms with E-state index < -0.39 is 5.97 Å². The number of rotatable bonds is 5. The van der Waals surface area contributed by atoms with E-state index in [1.165, 1.54) is 22.5 Å². The quantitative estimate of drug-likeness (QED) is 0.562. The summed E-state index contributed by atoms with van der Waals surface area (Å²) in [6, 6.07) is 6.84. The third-order valence-electron chi connectivity index (χ3n) is 3.26. The Morgan fingerprint density at radius 1 is 1.29 bits per heavy atom. The summed E-state index contributed by atoms with van der Waals surface area (Å²) in [5, 5.41) is 14.9. The van der Waals surface area contributed by atoms with Gasteiger partial charge in [-0.15, -0.1) is 0 Å². The molecule has 0 bridgehead atoms. The Balaban J connectivity index is 2.25. The third kappa shape index (κ3) is 2.92. The number of hydrogen-bond acceptors (Lipinski definition) is 7. The minimum atomic E-state index is -0.484. The van der Waals surface area contributed by atoms with Gasteiger partial charge in [-0.1, -0.05) is 30.8 Å². The molecule has 124 valence electrons. The van der Waals surface area contributed by atoms with Crippen LogP contribution in [0, 0.1) is 0 Å². The molecule has 0 spiro atoms. The number of aromatic nitrogens is 4. The van der Waals surface area contributed by atoms with Gasteiger partial charge in [0.25, 0.3) is 0 Å². The molecule has 24 heavy (non-hydrogen) atoms. The van der Waals surface area contributed by atoms with Crippen LogP contribution in [0.3, 0.4) is 0 Å². The smallest absolute Gasteiger partial charge is 0.343 e. The lowest BCUT2D eigenvalue weighted by Crippen LogP contribution is -2.07. The van der Waals surface area contributed by atoms with Crippen molar-refractivity contribution in [3.05, 3.63) is 36.0 Å². The maximum absolute atomic E-state index is 12.1. The number of aromatic hydroxyl groups is 1. The van der Waals surface area contributed by atoms with E-state index in [-0.39, 0.29) is 17.9 Å². The molecule has 7 nitrogen and oxygen atoms in total. The highest BCUT2D eigenvalue weighted by molar-refractivity contribution is 7.99. The first-order valence-corrected chi connectivity index (χ1v) is 8.48. The number of thioether (sulfide) groups is 1. The molecule has 2 aromatic heterocycles. The first-order chi connectivity index (χ1) is 11.7. The van der Waals surface area contributed by atoms with Crippen LogP contribution in [0.5, 0.6) is 5.75 Å². The van der Waals surface area contributed by atoms with Crippen LogP contribution < -0.4 is 0 Å². The number of carbonyl (C=O) groups is 1. The Labute approximate surface area is 142 Å². The van der Waals surface area contributed by atoms with Crippen molar-refractivity contribution >= 4 is 23.4 Å². The topological polar surface area (TPSA) is 89.6 Å². The van der Waals surface area contributed by atoms with Crippen LogP contribution in [-0.2, 0) is 4.74 Å². The molecule has 0 unspecified atom stereocenters. The van der Waals surface area contributed by atoms with Gasteiger partial charge in [-0.25, -0.2) is 14.8 Å². The van der Waals surface area contributed by atoms with E-state index in [2.05, 4.69) is 15.1 Å². The van der Waals surface area contributed by atoms with Gasteiger partial charge < -0.3 is 9.84 Å². The van der Waals surface area contributed by atoms with Crippen molar-refractivity contribution in [3.63, 3.8) is 0 Å². The molecule has 1 aromatic carbocycles. The van der Waals surface area contributed by atoms with Gasteiger partial charge >= 0.3 is 5.97 Å². The maximum atomic E-state index is 12.1. The fourth-order valence-electron chi connectivity index (χ4n) is 2.24. The van der Waals surface area contributed by atoms with E-state index >= 15 is 0 Å². The molecule has 0 radical (unpaired) electrons. The monoisotopic (exact) mass is 344 g/mol. The minimum absolute atomic E-state index is 0.0816. The van der Waals surface area contributed by atoms with Crippen molar-refractivity contribution in [2.45, 2.75) is 19.0 Å². The molecule has 0 saturated heterocycles. The van der Waals surface area contributed by atoms with Crippen molar-refractivity contribution in [3.8, 4) is 17.1 Å². The highest BCUT2D eigenvalue weighted by Crippen LogP contribution is 2.29. The van der Waals surface area contributed by atoms with Crippen LogP contribution in [-0.4, -0.2) is 43.0 Å². The second-order valence-electron chi connectivity index (χ2n) is 4.79. The summed E-state index contributed by atoms with van der Waals surface area (Å²) >= 11 is 1.44. The van der Waals surface area contributed by atoms with Gasteiger partial charge in [0.1, 0.15) is 11.3 Å². The molecule has 0 saturated carbocycles. The SMILES string of the molecule is CCOC(=O)c1cnn2c(-c3ccccc3O)nc(SCC)nc12. The molecule has 1 N–H and O–H groups in total. The Morgan fingerprint density at radius 3 is 2.79 bits per heavy atom. The maximum Gasteiger partial charge on any atom is 0.343 e. The van der Waals surface area contributed by atoms with Crippen LogP contribution in [0.4, 0.5) is 0 Å². The number of benzene rings is 1. The van der Waals surface area contributed by atoms with Crippen molar-refractivity contribution in [2.75, 3.05) is 12.4 Å². The molecule has 0 aliphatic heterocycles. The molecule has 0 aliphatic carbocycles. The summed E-state index contributed by atoms with van der Waals surface area (Å²) < 4.78 is 6.50. The van der Waals surface area contributed by atoms with E-state index in [1.807, 2.05) is 6.92 Å². The number of nitrogens with zero attached hydrogens (tertiary/aromatic N) is 4. The number of para-hydroxylation sites is 1. The fourth-order valence-corrected chi connectivity index (χ4v) is 2.80. The Kier molecular flexibility index (Phi) is 4.66. The molecule has 8 heteroatoms. The predicted molar refractivity (Wildman–Crippen MR) is 90.2 cm³/mol. The van der Waals surface area contributed by atoms with Crippen LogP contribution in [0.2, 0.25) is 0 Å². The van der Waals surface area contributed by atoms with Crippen molar-refractivity contribution in [1.29, 1.82) is 0 Å². The van der Waals surface area contributed by atoms with E-state index in [0.717, 1.165) is 5.75 Å². The minimum Gasteiger partial charge on any atom is -0.507 e. The van der Waals surface area contributed by atoms with E-state index in [9.17, 15) is 9.90 Å². The van der Waals surface area contributed by atoms with Gasteiger partial charge in [0.2, 0.25) is 0 Å². The second-order valence-corrected chi connectivity index (χ2v) is 6.03. The normalized spacial score (nSPS) is 10.9. The van der Waals surface area contributed by atoms with Gasteiger partial charge in [-0.05, 0) is 24.8 Å². The van der Waals surface area contributed by atoms with Crippen molar-refractivity contribution in [1.82, 2.24) is 19.6 Å². The molecule has 0 fully saturated rings. The largest absolute Gasteiger partial charge is 0.507 e. The lowest BCUT2D eigenvalue weighted by atomic mass is 10.2. The number of phenols is 1. The molecule has 0 atom stereocenters. The van der Waals surface area contributed by atoms with Crippen LogP contribution in [0.15, 0.2) is 35.6 Å². The number of esters is 1. The lowest BCUT2D eigenvalue weighted by Gasteiger charge is -2.08. The standard InChI is InChI=1S/C16H16N4O3S/c1-3-23-15(22)11-9-17-20-13(10-7-5-6-8-12(10)21)18-16(24-4-2)19-14(11)20/h5-9,21H,3-4H2,1-2H3. The molecule has 0 aliphatic rings. The summed E-state index contributed by atoms with van der Waals surface area (Å²) in [4.78, 5) is 21.0. The molecule has 3 rings (SSSR count). The number of ether oxygens (including phenoxy) is 1. The van der Waals surface area contributed by atoms with Crippen LogP contribution in [0.25, 0.3) is 17.0 Å². The Hall–Kier alpha value is -2.61. The van der Waals surface area contributed by atoms with Gasteiger partial charge in [0.05, 0.1) is 18.4 Å². The zero-order valence-electron chi connectivity index (χ0n) is 13.3. The summed E-state index contributed by atoms with van der Waals surface area (Å²) in [6.45, 7) is 4.00. The summed E-state index contributed by atoms with van der Waals surface area (Å²) in [5.41, 5.74) is 1.15. The fraction of sp³-hybridized carbons (Fsp3) is 0.250. The number of carbonyl (C=O) groups excluding carboxylic acids is 1. The number of fused-ring (bicyclic) bond motifs is 1. The number of phenolic OH excluding ortho intramolecular Hbond substituents is 1. The molecule has 3 aromatic rings. The molecular weight excluding hydrogens is 328 g/mol. The Bertz CT molecular complexity index is 894. The second kappa shape index (κ2) is 6.88. The van der Waals surface area contributed by atoms with E-state index in [1.54, 1.807) is 31.2 Å². The summed E-state index contributed by atoms with van der Waals surface area (Å²) in [7, 11) is 0. The van der Waals surface area contributed by atoms with Gasteiger partial charge in [-0.2, -0.15) is 9.61 Å². The highest BCUT2D eigenvalue weighted by atomic mass is 32.2. The zero-order chi connectivity index (χ0) is 17.1. The zero-order valence-corrected chi connectivity index (χ0v) is 14.1. The summed E-state index contributed by atoms with van der Waals surface area (Å²) in [5.74, 6) is 0.795. The number of hydrogen-bond donors (Lipinski definition) is 1. The predicted octanol–water partition coefficient (Wildman–Crippen LogP) is 2.79. The van der Waals surface area contributed by atoms with Gasteiger partial charge in [0, 0.05) is 0 Å². The Morgan fingerprint density at radius 2 is 2.08 bits per heavy atom. The third-order valence-corrected chi connectivity index (χ3v) is 3.99.